The number of aliphatic hydroxyl groups is 1. The fourth-order valence-corrected chi connectivity index (χ4v) is 6.65. The van der Waals surface area contributed by atoms with E-state index in [1.165, 1.54) is 12.1 Å². The lowest BCUT2D eigenvalue weighted by atomic mass is 10.0. The summed E-state index contributed by atoms with van der Waals surface area (Å²) in [6.07, 6.45) is -4.23. The third-order valence-corrected chi connectivity index (χ3v) is 9.80. The standard InChI is InChI=1S/C41H48F3N5O7/c1-26(45-25-35(51)32-10-12-34(50)39-33(32)11-14-38(54)48-39)21-30-4-2-3-27(22-30)9-13-36(52)46-23-28-5-7-29(8-6-28)24-47-37(53)17-20-49-18-15-31(16-19-49)56-40(55)41(42,43)44/h2-8,10-12,14,22,26,31,35,45,50-51H,9,13,15-21,23-25H2,1H3,(H,46,52)(H,47,53)(H,48,54)/t26?,35-/m0/s1. The van der Waals surface area contributed by atoms with Gasteiger partial charge in [0.05, 0.1) is 11.6 Å². The van der Waals surface area contributed by atoms with Gasteiger partial charge in [-0.1, -0.05) is 54.6 Å². The molecule has 0 aliphatic carbocycles. The lowest BCUT2D eigenvalue weighted by molar-refractivity contribution is -0.206. The number of aromatic nitrogens is 1. The number of piperidine rings is 1. The van der Waals surface area contributed by atoms with Crippen molar-refractivity contribution >= 4 is 28.7 Å². The van der Waals surface area contributed by atoms with Crippen molar-refractivity contribution in [1.82, 2.24) is 25.8 Å². The molecule has 1 aliphatic rings. The van der Waals surface area contributed by atoms with Crippen LogP contribution in [0.1, 0.15) is 66.5 Å². The summed E-state index contributed by atoms with van der Waals surface area (Å²) in [7, 11) is 0. The molecule has 0 radical (unpaired) electrons. The van der Waals surface area contributed by atoms with E-state index in [9.17, 15) is 42.6 Å². The van der Waals surface area contributed by atoms with Crippen LogP contribution in [0.3, 0.4) is 0 Å². The van der Waals surface area contributed by atoms with Crippen LogP contribution in [-0.2, 0) is 45.1 Å². The first kappa shape index (κ1) is 41.9. The number of hydrogen-bond acceptors (Lipinski definition) is 9. The lowest BCUT2D eigenvalue weighted by Gasteiger charge is -2.31. The van der Waals surface area contributed by atoms with E-state index in [2.05, 4.69) is 31.7 Å². The fourth-order valence-electron chi connectivity index (χ4n) is 6.65. The Morgan fingerprint density at radius 2 is 1.54 bits per heavy atom. The molecule has 1 aromatic heterocycles. The van der Waals surface area contributed by atoms with Gasteiger partial charge >= 0.3 is 12.1 Å². The first-order valence-corrected chi connectivity index (χ1v) is 18.7. The monoisotopic (exact) mass is 779 g/mol. The number of phenolic OH excluding ortho intramolecular Hbond substituents is 1. The van der Waals surface area contributed by atoms with Crippen molar-refractivity contribution in [2.75, 3.05) is 26.2 Å². The second kappa shape index (κ2) is 19.6. The van der Waals surface area contributed by atoms with Crippen LogP contribution in [0.5, 0.6) is 5.75 Å². The number of amides is 2. The Morgan fingerprint density at radius 1 is 0.893 bits per heavy atom. The zero-order chi connectivity index (χ0) is 40.2. The van der Waals surface area contributed by atoms with E-state index < -0.39 is 24.4 Å². The zero-order valence-electron chi connectivity index (χ0n) is 31.2. The molecule has 1 saturated heterocycles. The molecule has 1 fully saturated rings. The van der Waals surface area contributed by atoms with Crippen molar-refractivity contribution in [2.45, 2.75) is 83.0 Å². The zero-order valence-corrected chi connectivity index (χ0v) is 31.2. The molecule has 3 aromatic carbocycles. The Bertz CT molecular complexity index is 2010. The van der Waals surface area contributed by atoms with Gasteiger partial charge in [-0.25, -0.2) is 4.79 Å². The van der Waals surface area contributed by atoms with E-state index in [1.54, 1.807) is 12.1 Å². The third-order valence-electron chi connectivity index (χ3n) is 9.80. The van der Waals surface area contributed by atoms with Gasteiger partial charge in [0.15, 0.2) is 0 Å². The smallest absolute Gasteiger partial charge is 0.490 e. The van der Waals surface area contributed by atoms with Gasteiger partial charge in [0.25, 0.3) is 0 Å². The van der Waals surface area contributed by atoms with Crippen molar-refractivity contribution in [1.29, 1.82) is 0 Å². The molecule has 6 N–H and O–H groups in total. The Kier molecular flexibility index (Phi) is 14.6. The molecule has 2 amide bonds. The molecule has 2 atom stereocenters. The van der Waals surface area contributed by atoms with Crippen LogP contribution in [-0.4, -0.2) is 82.4 Å². The van der Waals surface area contributed by atoms with Gasteiger partial charge < -0.3 is 40.8 Å². The molecule has 0 bridgehead atoms. The summed E-state index contributed by atoms with van der Waals surface area (Å²) in [5.41, 5.74) is 4.49. The van der Waals surface area contributed by atoms with Crippen LogP contribution in [0.15, 0.2) is 77.6 Å². The molecule has 2 heterocycles. The first-order valence-electron chi connectivity index (χ1n) is 18.7. The number of phenols is 1. The number of alkyl halides is 3. The number of H-pyrrole nitrogens is 1. The summed E-state index contributed by atoms with van der Waals surface area (Å²) in [4.78, 5) is 52.4. The largest absolute Gasteiger partial charge is 0.506 e. The van der Waals surface area contributed by atoms with E-state index in [0.29, 0.717) is 62.9 Å². The third kappa shape index (κ3) is 12.6. The minimum atomic E-state index is -5.00. The highest BCUT2D eigenvalue weighted by atomic mass is 19.4. The molecule has 300 valence electrons. The van der Waals surface area contributed by atoms with Crippen LogP contribution in [0.25, 0.3) is 10.9 Å². The number of fused-ring (bicyclic) bond motifs is 1. The molecule has 15 heteroatoms. The van der Waals surface area contributed by atoms with Crippen molar-refractivity contribution in [2.24, 2.45) is 0 Å². The summed E-state index contributed by atoms with van der Waals surface area (Å²) in [6.45, 7) is 4.32. The average Bonchev–Trinajstić information content (AvgIpc) is 3.17. The number of ether oxygens (including phenoxy) is 1. The van der Waals surface area contributed by atoms with Crippen molar-refractivity contribution < 1.29 is 42.5 Å². The quantitative estimate of drug-likeness (QED) is 0.0855. The maximum absolute atomic E-state index is 12.7. The SMILES string of the molecule is CC(Cc1cccc(CCC(=O)NCc2ccc(CNC(=O)CCN3CCC(OC(=O)C(F)(F)F)CC3)cc2)c1)NC[C@H](O)c1ccc(O)c2[nH]c(=O)ccc12. The first-order chi connectivity index (χ1) is 26.7. The van der Waals surface area contributed by atoms with Crippen LogP contribution >= 0.6 is 0 Å². The number of nitrogens with one attached hydrogen (secondary N) is 4. The van der Waals surface area contributed by atoms with Crippen LogP contribution < -0.4 is 21.5 Å². The number of likely N-dealkylation sites (tertiary alicyclic amines) is 1. The lowest BCUT2D eigenvalue weighted by Crippen LogP contribution is -2.41. The number of carbonyl (C=O) groups excluding carboxylic acids is 3. The number of aryl methyl sites for hydroxylation is 1. The molecular weight excluding hydrogens is 731 g/mol. The molecule has 12 nitrogen and oxygen atoms in total. The van der Waals surface area contributed by atoms with E-state index in [1.807, 2.05) is 54.3 Å². The normalized spacial score (nSPS) is 14.9. The molecular formula is C41H48F3N5O7. The molecule has 1 unspecified atom stereocenters. The van der Waals surface area contributed by atoms with Gasteiger partial charge in [0, 0.05) is 69.6 Å². The maximum Gasteiger partial charge on any atom is 0.490 e. The molecule has 5 rings (SSSR count). The van der Waals surface area contributed by atoms with Crippen LogP contribution in [0.2, 0.25) is 0 Å². The summed E-state index contributed by atoms with van der Waals surface area (Å²) < 4.78 is 41.7. The number of hydrogen-bond donors (Lipinski definition) is 6. The summed E-state index contributed by atoms with van der Waals surface area (Å²) in [5.74, 6) is -2.45. The van der Waals surface area contributed by atoms with E-state index >= 15 is 0 Å². The van der Waals surface area contributed by atoms with Crippen molar-refractivity contribution in [3.8, 4) is 5.75 Å². The number of aromatic amines is 1. The van der Waals surface area contributed by atoms with Crippen molar-refractivity contribution in [3.05, 3.63) is 111 Å². The highest BCUT2D eigenvalue weighted by Crippen LogP contribution is 2.28. The van der Waals surface area contributed by atoms with Crippen LogP contribution in [0, 0.1) is 0 Å². The fraction of sp³-hybridized carbons (Fsp3) is 0.415. The number of nitrogens with zero attached hydrogens (tertiary/aromatic N) is 1. The van der Waals surface area contributed by atoms with Crippen molar-refractivity contribution in [3.63, 3.8) is 0 Å². The minimum absolute atomic E-state index is 0.0330. The highest BCUT2D eigenvalue weighted by Gasteiger charge is 2.42. The van der Waals surface area contributed by atoms with E-state index in [-0.39, 0.29) is 60.5 Å². The summed E-state index contributed by atoms with van der Waals surface area (Å²) >= 11 is 0. The predicted octanol–water partition coefficient (Wildman–Crippen LogP) is 4.31. The summed E-state index contributed by atoms with van der Waals surface area (Å²) in [5, 5.41) is 30.8. The Balaban J connectivity index is 0.958. The summed E-state index contributed by atoms with van der Waals surface area (Å²) in [6, 6.07) is 21.7. The van der Waals surface area contributed by atoms with E-state index in [0.717, 1.165) is 22.3 Å². The van der Waals surface area contributed by atoms with Gasteiger partial charge in [-0.15, -0.1) is 0 Å². The number of aromatic hydroxyl groups is 1. The number of carbonyl (C=O) groups is 3. The number of aliphatic hydroxyl groups excluding tert-OH is 1. The second-order valence-electron chi connectivity index (χ2n) is 14.2. The number of esters is 1. The van der Waals surface area contributed by atoms with Gasteiger partial charge in [-0.05, 0) is 72.6 Å². The topological polar surface area (TPSA) is 173 Å². The Hall–Kier alpha value is -5.25. The molecule has 0 spiro atoms. The van der Waals surface area contributed by atoms with Gasteiger partial charge in [-0.2, -0.15) is 13.2 Å². The van der Waals surface area contributed by atoms with E-state index in [4.69, 9.17) is 0 Å². The number of rotatable bonds is 17. The molecule has 1 aliphatic heterocycles. The van der Waals surface area contributed by atoms with Gasteiger partial charge in [-0.3, -0.25) is 14.4 Å². The molecule has 4 aromatic rings. The maximum atomic E-state index is 12.7. The predicted molar refractivity (Wildman–Crippen MR) is 203 cm³/mol. The average molecular weight is 780 g/mol. The molecule has 56 heavy (non-hydrogen) atoms. The number of pyridine rings is 1. The molecule has 0 saturated carbocycles. The van der Waals surface area contributed by atoms with Gasteiger partial charge in [0.2, 0.25) is 17.4 Å². The minimum Gasteiger partial charge on any atom is -0.506 e. The van der Waals surface area contributed by atoms with Crippen LogP contribution in [0.4, 0.5) is 13.2 Å². The Morgan fingerprint density at radius 3 is 2.20 bits per heavy atom. The number of benzene rings is 3. The Labute approximate surface area is 322 Å². The number of halogens is 3. The second-order valence-corrected chi connectivity index (χ2v) is 14.2. The van der Waals surface area contributed by atoms with Gasteiger partial charge in [0.1, 0.15) is 11.9 Å². The highest BCUT2D eigenvalue weighted by molar-refractivity contribution is 5.87.